The van der Waals surface area contributed by atoms with Crippen LogP contribution in [0.2, 0.25) is 0 Å². The van der Waals surface area contributed by atoms with E-state index < -0.39 is 10.0 Å². The number of nitrogens with zero attached hydrogens (tertiary/aromatic N) is 2. The van der Waals surface area contributed by atoms with Gasteiger partial charge in [-0.3, -0.25) is 9.52 Å². The Kier molecular flexibility index (Phi) is 5.04. The van der Waals surface area contributed by atoms with Crippen LogP contribution in [0.25, 0.3) is 5.69 Å². The van der Waals surface area contributed by atoms with E-state index in [1.165, 1.54) is 6.07 Å². The van der Waals surface area contributed by atoms with Crippen molar-refractivity contribution in [3.05, 3.63) is 78.4 Å². The quantitative estimate of drug-likeness (QED) is 0.695. The molecular weight excluding hydrogens is 352 g/mol. The Morgan fingerprint density at radius 1 is 1.15 bits per heavy atom. The molecule has 0 bridgehead atoms. The van der Waals surface area contributed by atoms with Gasteiger partial charge in [-0.2, -0.15) is 0 Å². The molecule has 0 fully saturated rings. The van der Waals surface area contributed by atoms with Gasteiger partial charge >= 0.3 is 0 Å². The Balaban J connectivity index is 1.73. The number of benzene rings is 2. The molecule has 2 aromatic carbocycles. The van der Waals surface area contributed by atoms with E-state index in [1.807, 2.05) is 35.0 Å². The van der Waals surface area contributed by atoms with Crippen molar-refractivity contribution in [3.8, 4) is 5.69 Å². The monoisotopic (exact) mass is 370 g/mol. The van der Waals surface area contributed by atoms with E-state index in [9.17, 15) is 13.2 Å². The summed E-state index contributed by atoms with van der Waals surface area (Å²) in [5, 5.41) is 2.86. The summed E-state index contributed by atoms with van der Waals surface area (Å²) < 4.78 is 26.9. The van der Waals surface area contributed by atoms with Crippen molar-refractivity contribution >= 4 is 21.6 Å². The second kappa shape index (κ2) is 7.40. The molecule has 134 valence electrons. The van der Waals surface area contributed by atoms with Crippen LogP contribution in [0.3, 0.4) is 0 Å². The summed E-state index contributed by atoms with van der Waals surface area (Å²) in [7, 11) is -3.40. The van der Waals surface area contributed by atoms with Crippen LogP contribution >= 0.6 is 0 Å². The number of aromatic nitrogens is 2. The van der Waals surface area contributed by atoms with Crippen molar-refractivity contribution < 1.29 is 13.2 Å². The van der Waals surface area contributed by atoms with Gasteiger partial charge < -0.3 is 9.88 Å². The highest BCUT2D eigenvalue weighted by molar-refractivity contribution is 7.92. The molecule has 3 rings (SSSR count). The van der Waals surface area contributed by atoms with Crippen LogP contribution in [0.15, 0.2) is 67.3 Å². The summed E-state index contributed by atoms with van der Waals surface area (Å²) >= 11 is 0. The van der Waals surface area contributed by atoms with E-state index in [4.69, 9.17) is 0 Å². The van der Waals surface area contributed by atoms with Gasteiger partial charge in [-0.1, -0.05) is 24.3 Å². The topological polar surface area (TPSA) is 93.1 Å². The first kappa shape index (κ1) is 17.7. The second-order valence-electron chi connectivity index (χ2n) is 5.74. The number of amides is 1. The van der Waals surface area contributed by atoms with Crippen molar-refractivity contribution in [2.75, 3.05) is 11.0 Å². The third kappa shape index (κ3) is 4.48. The first-order chi connectivity index (χ1) is 12.4. The molecule has 26 heavy (non-hydrogen) atoms. The molecule has 0 radical (unpaired) electrons. The summed E-state index contributed by atoms with van der Waals surface area (Å²) in [6.45, 7) is 0.330. The molecule has 0 unspecified atom stereocenters. The molecule has 0 spiro atoms. The number of carbonyl (C=O) groups excluding carboxylic acids is 1. The first-order valence-corrected chi connectivity index (χ1v) is 9.74. The molecule has 3 aromatic rings. The maximum Gasteiger partial charge on any atom is 0.251 e. The van der Waals surface area contributed by atoms with Gasteiger partial charge in [-0.15, -0.1) is 0 Å². The maximum atomic E-state index is 12.4. The standard InChI is InChI=1S/C18H18N4O3S/c1-26(24,25)21-16-7-4-6-14(11-16)18(23)20-12-15-5-2-3-8-17(15)22-10-9-19-13-22/h2-11,13,21H,12H2,1H3,(H,20,23). The smallest absolute Gasteiger partial charge is 0.251 e. The van der Waals surface area contributed by atoms with Gasteiger partial charge in [0.25, 0.3) is 5.91 Å². The molecule has 0 atom stereocenters. The molecule has 2 N–H and O–H groups in total. The van der Waals surface area contributed by atoms with Gasteiger partial charge in [0, 0.05) is 30.2 Å². The van der Waals surface area contributed by atoms with Gasteiger partial charge in [0.15, 0.2) is 0 Å². The number of hydrogen-bond acceptors (Lipinski definition) is 4. The molecule has 1 amide bonds. The number of hydrogen-bond donors (Lipinski definition) is 2. The zero-order valence-corrected chi connectivity index (χ0v) is 14.9. The lowest BCUT2D eigenvalue weighted by Crippen LogP contribution is -2.23. The van der Waals surface area contributed by atoms with Crippen LogP contribution in [0.5, 0.6) is 0 Å². The Bertz CT molecular complexity index is 1010. The number of sulfonamides is 1. The van der Waals surface area contributed by atoms with Crippen LogP contribution in [-0.2, 0) is 16.6 Å². The van der Waals surface area contributed by atoms with Crippen LogP contribution in [-0.4, -0.2) is 30.1 Å². The van der Waals surface area contributed by atoms with Crippen molar-refractivity contribution in [1.82, 2.24) is 14.9 Å². The Labute approximate surface area is 151 Å². The van der Waals surface area contributed by atoms with E-state index in [0.717, 1.165) is 17.5 Å². The largest absolute Gasteiger partial charge is 0.348 e. The number of anilines is 1. The minimum Gasteiger partial charge on any atom is -0.348 e. The fourth-order valence-corrected chi connectivity index (χ4v) is 3.08. The Morgan fingerprint density at radius 2 is 1.96 bits per heavy atom. The SMILES string of the molecule is CS(=O)(=O)Nc1cccc(C(=O)NCc2ccccc2-n2ccnc2)c1. The van der Waals surface area contributed by atoms with E-state index in [2.05, 4.69) is 15.0 Å². The highest BCUT2D eigenvalue weighted by Crippen LogP contribution is 2.15. The van der Waals surface area contributed by atoms with E-state index in [0.29, 0.717) is 17.8 Å². The third-order valence-electron chi connectivity index (χ3n) is 3.64. The van der Waals surface area contributed by atoms with E-state index in [-0.39, 0.29) is 5.91 Å². The van der Waals surface area contributed by atoms with Gasteiger partial charge in [0.05, 0.1) is 18.3 Å². The Hall–Kier alpha value is -3.13. The van der Waals surface area contributed by atoms with Crippen molar-refractivity contribution in [3.63, 3.8) is 0 Å². The molecule has 0 aliphatic rings. The minimum atomic E-state index is -3.40. The third-order valence-corrected chi connectivity index (χ3v) is 4.25. The molecular formula is C18H18N4O3S. The Morgan fingerprint density at radius 3 is 2.69 bits per heavy atom. The normalized spacial score (nSPS) is 11.1. The molecule has 0 saturated heterocycles. The number of rotatable bonds is 6. The minimum absolute atomic E-state index is 0.289. The summed E-state index contributed by atoms with van der Waals surface area (Å²) in [5.74, 6) is -0.289. The van der Waals surface area contributed by atoms with Gasteiger partial charge in [0.1, 0.15) is 0 Å². The average Bonchev–Trinajstić information content (AvgIpc) is 3.13. The number of imidazole rings is 1. The van der Waals surface area contributed by atoms with Crippen molar-refractivity contribution in [2.24, 2.45) is 0 Å². The molecule has 8 heteroatoms. The lowest BCUT2D eigenvalue weighted by molar-refractivity contribution is 0.0951. The summed E-state index contributed by atoms with van der Waals surface area (Å²) in [5.41, 5.74) is 2.58. The van der Waals surface area contributed by atoms with Gasteiger partial charge in [-0.25, -0.2) is 13.4 Å². The second-order valence-corrected chi connectivity index (χ2v) is 7.48. The van der Waals surface area contributed by atoms with Gasteiger partial charge in [-0.05, 0) is 29.8 Å². The summed E-state index contributed by atoms with van der Waals surface area (Å²) in [4.78, 5) is 16.5. The molecule has 0 saturated carbocycles. The number of carbonyl (C=O) groups is 1. The van der Waals surface area contributed by atoms with Crippen LogP contribution in [0.4, 0.5) is 5.69 Å². The molecule has 0 aliphatic carbocycles. The zero-order valence-electron chi connectivity index (χ0n) is 14.1. The fraction of sp³-hybridized carbons (Fsp3) is 0.111. The fourth-order valence-electron chi connectivity index (χ4n) is 2.53. The summed E-state index contributed by atoms with van der Waals surface area (Å²) in [6.07, 6.45) is 6.28. The van der Waals surface area contributed by atoms with Crippen LogP contribution in [0, 0.1) is 0 Å². The highest BCUT2D eigenvalue weighted by Gasteiger charge is 2.10. The number of nitrogens with one attached hydrogen (secondary N) is 2. The predicted molar refractivity (Wildman–Crippen MR) is 99.6 cm³/mol. The first-order valence-electron chi connectivity index (χ1n) is 7.85. The molecule has 1 heterocycles. The van der Waals surface area contributed by atoms with Crippen LogP contribution in [0.1, 0.15) is 15.9 Å². The highest BCUT2D eigenvalue weighted by atomic mass is 32.2. The zero-order chi connectivity index (χ0) is 18.6. The van der Waals surface area contributed by atoms with Gasteiger partial charge in [0.2, 0.25) is 10.0 Å². The molecule has 7 nitrogen and oxygen atoms in total. The van der Waals surface area contributed by atoms with Crippen molar-refractivity contribution in [1.29, 1.82) is 0 Å². The number of para-hydroxylation sites is 1. The maximum absolute atomic E-state index is 12.4. The average molecular weight is 370 g/mol. The van der Waals surface area contributed by atoms with Crippen molar-refractivity contribution in [2.45, 2.75) is 6.54 Å². The lowest BCUT2D eigenvalue weighted by Gasteiger charge is -2.12. The van der Waals surface area contributed by atoms with E-state index >= 15 is 0 Å². The predicted octanol–water partition coefficient (Wildman–Crippen LogP) is 2.17. The summed E-state index contributed by atoms with van der Waals surface area (Å²) in [6, 6.07) is 14.0. The lowest BCUT2D eigenvalue weighted by atomic mass is 10.1. The molecule has 1 aromatic heterocycles. The van der Waals surface area contributed by atoms with E-state index in [1.54, 1.807) is 30.7 Å². The molecule has 0 aliphatic heterocycles. The van der Waals surface area contributed by atoms with Crippen LogP contribution < -0.4 is 10.0 Å².